The van der Waals surface area contributed by atoms with Gasteiger partial charge in [-0.05, 0) is 26.0 Å². The maximum Gasteiger partial charge on any atom is 0.431 e. The predicted octanol–water partition coefficient (Wildman–Crippen LogP) is 2.99. The SMILES string of the molecule is CC(C)Oc1ccc2c(c1)nc1cc(C(F)(F)F)n(C)c(=O)n12. The van der Waals surface area contributed by atoms with E-state index < -0.39 is 17.6 Å². The van der Waals surface area contributed by atoms with E-state index in [0.717, 1.165) is 17.5 Å². The number of hydrogen-bond donors (Lipinski definition) is 0. The minimum atomic E-state index is -4.63. The Hall–Kier alpha value is -2.51. The van der Waals surface area contributed by atoms with Gasteiger partial charge in [0, 0.05) is 19.2 Å². The summed E-state index contributed by atoms with van der Waals surface area (Å²) in [5, 5.41) is 0. The molecule has 0 unspecified atom stereocenters. The third-order valence-electron chi connectivity index (χ3n) is 3.42. The third-order valence-corrected chi connectivity index (χ3v) is 3.42. The zero-order chi connectivity index (χ0) is 16.9. The van der Waals surface area contributed by atoms with E-state index in [4.69, 9.17) is 4.74 Å². The lowest BCUT2D eigenvalue weighted by Crippen LogP contribution is -2.30. The lowest BCUT2D eigenvalue weighted by atomic mass is 10.3. The fourth-order valence-corrected chi connectivity index (χ4v) is 2.47. The summed E-state index contributed by atoms with van der Waals surface area (Å²) in [6.45, 7) is 3.72. The molecule has 3 rings (SSSR count). The zero-order valence-corrected chi connectivity index (χ0v) is 12.7. The number of halogens is 3. The highest BCUT2D eigenvalue weighted by molar-refractivity contribution is 5.81. The van der Waals surface area contributed by atoms with Crippen LogP contribution >= 0.6 is 0 Å². The normalized spacial score (nSPS) is 12.5. The van der Waals surface area contributed by atoms with Gasteiger partial charge in [-0.15, -0.1) is 0 Å². The Bertz CT molecular complexity index is 954. The molecule has 2 aromatic heterocycles. The van der Waals surface area contributed by atoms with Crippen molar-refractivity contribution in [1.29, 1.82) is 0 Å². The van der Waals surface area contributed by atoms with Gasteiger partial charge >= 0.3 is 11.9 Å². The molecule has 5 nitrogen and oxygen atoms in total. The molecule has 0 aliphatic heterocycles. The second-order valence-electron chi connectivity index (χ2n) is 5.49. The van der Waals surface area contributed by atoms with E-state index in [1.54, 1.807) is 18.2 Å². The zero-order valence-electron chi connectivity index (χ0n) is 12.7. The molecule has 3 aromatic rings. The van der Waals surface area contributed by atoms with Crippen molar-refractivity contribution in [3.8, 4) is 5.75 Å². The van der Waals surface area contributed by atoms with Gasteiger partial charge in [-0.25, -0.2) is 14.2 Å². The van der Waals surface area contributed by atoms with Crippen LogP contribution in [0.25, 0.3) is 16.7 Å². The van der Waals surface area contributed by atoms with E-state index in [9.17, 15) is 18.0 Å². The first-order valence-corrected chi connectivity index (χ1v) is 6.94. The number of aromatic nitrogens is 3. The summed E-state index contributed by atoms with van der Waals surface area (Å²) in [6, 6.07) is 5.74. The maximum atomic E-state index is 13.0. The number of imidazole rings is 1. The van der Waals surface area contributed by atoms with E-state index in [1.165, 1.54) is 0 Å². The number of alkyl halides is 3. The number of fused-ring (bicyclic) bond motifs is 3. The first-order chi connectivity index (χ1) is 10.7. The van der Waals surface area contributed by atoms with Crippen LogP contribution in [-0.2, 0) is 13.2 Å². The molecule has 8 heteroatoms. The minimum absolute atomic E-state index is 0.0443. The van der Waals surface area contributed by atoms with Crippen molar-refractivity contribution in [3.63, 3.8) is 0 Å². The van der Waals surface area contributed by atoms with Crippen LogP contribution in [0.15, 0.2) is 29.1 Å². The van der Waals surface area contributed by atoms with Gasteiger partial charge in [0.25, 0.3) is 0 Å². The first-order valence-electron chi connectivity index (χ1n) is 6.94. The smallest absolute Gasteiger partial charge is 0.431 e. The highest BCUT2D eigenvalue weighted by Gasteiger charge is 2.34. The largest absolute Gasteiger partial charge is 0.491 e. The second-order valence-corrected chi connectivity index (χ2v) is 5.49. The molecule has 0 radical (unpaired) electrons. The Balaban J connectivity index is 2.31. The number of ether oxygens (including phenoxy) is 1. The van der Waals surface area contributed by atoms with Gasteiger partial charge in [-0.3, -0.25) is 4.57 Å². The van der Waals surface area contributed by atoms with Crippen LogP contribution in [0.1, 0.15) is 19.5 Å². The fourth-order valence-electron chi connectivity index (χ4n) is 2.47. The van der Waals surface area contributed by atoms with Crippen LogP contribution in [0.2, 0.25) is 0 Å². The molecule has 0 saturated heterocycles. The molecule has 0 spiro atoms. The van der Waals surface area contributed by atoms with Crippen molar-refractivity contribution in [2.75, 3.05) is 0 Å². The van der Waals surface area contributed by atoms with Crippen LogP contribution in [0.4, 0.5) is 13.2 Å². The molecule has 1 aromatic carbocycles. The van der Waals surface area contributed by atoms with Gasteiger partial charge in [0.05, 0.1) is 17.1 Å². The Labute approximate surface area is 128 Å². The minimum Gasteiger partial charge on any atom is -0.491 e. The molecule has 0 aliphatic rings. The van der Waals surface area contributed by atoms with Crippen molar-refractivity contribution in [2.24, 2.45) is 7.05 Å². The summed E-state index contributed by atoms with van der Waals surface area (Å²) in [5.41, 5.74) is -1.04. The van der Waals surface area contributed by atoms with Gasteiger partial charge in [-0.2, -0.15) is 13.2 Å². The molecule has 0 saturated carbocycles. The van der Waals surface area contributed by atoms with Crippen molar-refractivity contribution < 1.29 is 17.9 Å². The molecule has 23 heavy (non-hydrogen) atoms. The van der Waals surface area contributed by atoms with E-state index in [2.05, 4.69) is 4.98 Å². The molecule has 0 N–H and O–H groups in total. The second kappa shape index (κ2) is 5.00. The first kappa shape index (κ1) is 15.4. The molecule has 0 aliphatic carbocycles. The van der Waals surface area contributed by atoms with Crippen molar-refractivity contribution in [1.82, 2.24) is 14.0 Å². The number of rotatable bonds is 2. The summed E-state index contributed by atoms with van der Waals surface area (Å²) in [6.07, 6.45) is -4.67. The van der Waals surface area contributed by atoms with Crippen LogP contribution in [0.3, 0.4) is 0 Å². The van der Waals surface area contributed by atoms with Crippen LogP contribution in [0.5, 0.6) is 5.75 Å². The molecular formula is C15H14F3N3O2. The van der Waals surface area contributed by atoms with E-state index >= 15 is 0 Å². The number of nitrogens with zero attached hydrogens (tertiary/aromatic N) is 3. The average molecular weight is 325 g/mol. The lowest BCUT2D eigenvalue weighted by molar-refractivity contribution is -0.143. The fraction of sp³-hybridized carbons (Fsp3) is 0.333. The third kappa shape index (κ3) is 2.54. The Morgan fingerprint density at radius 1 is 1.22 bits per heavy atom. The lowest BCUT2D eigenvalue weighted by Gasteiger charge is -2.11. The van der Waals surface area contributed by atoms with Crippen LogP contribution < -0.4 is 10.4 Å². The molecule has 0 fully saturated rings. The maximum absolute atomic E-state index is 13.0. The van der Waals surface area contributed by atoms with Gasteiger partial charge in [-0.1, -0.05) is 0 Å². The Morgan fingerprint density at radius 3 is 2.52 bits per heavy atom. The van der Waals surface area contributed by atoms with E-state index in [1.807, 2.05) is 13.8 Å². The summed E-state index contributed by atoms with van der Waals surface area (Å²) in [5.74, 6) is 0.545. The van der Waals surface area contributed by atoms with Crippen LogP contribution in [0, 0.1) is 0 Å². The predicted molar refractivity (Wildman–Crippen MR) is 78.7 cm³/mol. The van der Waals surface area contributed by atoms with Gasteiger partial charge in [0.2, 0.25) is 0 Å². The summed E-state index contributed by atoms with van der Waals surface area (Å²) < 4.78 is 46.3. The van der Waals surface area contributed by atoms with Gasteiger partial charge in [0.1, 0.15) is 17.1 Å². The van der Waals surface area contributed by atoms with E-state index in [-0.39, 0.29) is 11.8 Å². The van der Waals surface area contributed by atoms with Gasteiger partial charge < -0.3 is 4.74 Å². The molecule has 0 amide bonds. The highest BCUT2D eigenvalue weighted by Crippen LogP contribution is 2.29. The Morgan fingerprint density at radius 2 is 1.91 bits per heavy atom. The van der Waals surface area contributed by atoms with Crippen molar-refractivity contribution in [3.05, 3.63) is 40.4 Å². The standard InChI is InChI=1S/C15H14F3N3O2/c1-8(2)23-9-4-5-11-10(6-9)19-13-7-12(15(16,17)18)20(3)14(22)21(11)13/h4-8H,1-3H3. The molecule has 0 bridgehead atoms. The van der Waals surface area contributed by atoms with Gasteiger partial charge in [0.15, 0.2) is 0 Å². The monoisotopic (exact) mass is 325 g/mol. The molecular weight excluding hydrogens is 311 g/mol. The number of benzene rings is 1. The van der Waals surface area contributed by atoms with E-state index in [0.29, 0.717) is 21.4 Å². The summed E-state index contributed by atoms with van der Waals surface area (Å²) in [7, 11) is 1.09. The summed E-state index contributed by atoms with van der Waals surface area (Å²) in [4.78, 5) is 16.4. The summed E-state index contributed by atoms with van der Waals surface area (Å²) >= 11 is 0. The number of hydrogen-bond acceptors (Lipinski definition) is 3. The molecule has 122 valence electrons. The molecule has 2 heterocycles. The average Bonchev–Trinajstić information content (AvgIpc) is 2.78. The quantitative estimate of drug-likeness (QED) is 0.728. The molecule has 0 atom stereocenters. The van der Waals surface area contributed by atoms with Crippen LogP contribution in [-0.4, -0.2) is 20.1 Å². The topological polar surface area (TPSA) is 48.5 Å². The van der Waals surface area contributed by atoms with Crippen molar-refractivity contribution >= 4 is 16.7 Å². The highest BCUT2D eigenvalue weighted by atomic mass is 19.4. The van der Waals surface area contributed by atoms with Crippen molar-refractivity contribution in [2.45, 2.75) is 26.1 Å². The Kier molecular flexibility index (Phi) is 3.35.